The minimum absolute atomic E-state index is 0.0542. The van der Waals surface area contributed by atoms with Crippen LogP contribution in [0.1, 0.15) is 24.3 Å². The molecule has 0 spiro atoms. The summed E-state index contributed by atoms with van der Waals surface area (Å²) in [6.07, 6.45) is 4.27. The number of halogens is 1. The molecule has 0 bridgehead atoms. The summed E-state index contributed by atoms with van der Waals surface area (Å²) >= 11 is 1.67. The molecular weight excluding hydrogens is 209 g/mol. The predicted molar refractivity (Wildman–Crippen MR) is 63.0 cm³/mol. The molecule has 1 unspecified atom stereocenters. The molecule has 3 heteroatoms. The Morgan fingerprint density at radius 3 is 3.00 bits per heavy atom. The third-order valence-corrected chi connectivity index (χ3v) is 3.67. The van der Waals surface area contributed by atoms with Crippen LogP contribution in [0, 0.1) is 5.82 Å². The Morgan fingerprint density at radius 1 is 1.47 bits per heavy atom. The average molecular weight is 225 g/mol. The van der Waals surface area contributed by atoms with Gasteiger partial charge in [-0.1, -0.05) is 0 Å². The zero-order chi connectivity index (χ0) is 10.7. The largest absolute Gasteiger partial charge is 0.316 e. The fraction of sp³-hybridized carbons (Fsp3) is 0.500. The van der Waals surface area contributed by atoms with E-state index in [-0.39, 0.29) is 5.82 Å². The first-order valence-electron chi connectivity index (χ1n) is 5.35. The van der Waals surface area contributed by atoms with Crippen LogP contribution in [0.4, 0.5) is 4.39 Å². The smallest absolute Gasteiger partial charge is 0.126 e. The maximum absolute atomic E-state index is 13.7. The molecule has 0 aromatic heterocycles. The fourth-order valence-electron chi connectivity index (χ4n) is 2.08. The molecule has 1 aromatic carbocycles. The Kier molecular flexibility index (Phi) is 3.65. The van der Waals surface area contributed by atoms with Crippen molar-refractivity contribution in [3.63, 3.8) is 0 Å². The fourth-order valence-corrected chi connectivity index (χ4v) is 2.53. The van der Waals surface area contributed by atoms with Crippen molar-refractivity contribution < 1.29 is 4.39 Å². The first-order chi connectivity index (χ1) is 7.31. The Morgan fingerprint density at radius 2 is 2.33 bits per heavy atom. The summed E-state index contributed by atoms with van der Waals surface area (Å²) in [5.74, 6) is 0.298. The van der Waals surface area contributed by atoms with Gasteiger partial charge in [0.05, 0.1) is 0 Å². The quantitative estimate of drug-likeness (QED) is 0.776. The van der Waals surface area contributed by atoms with Crippen molar-refractivity contribution in [1.82, 2.24) is 5.32 Å². The first-order valence-corrected chi connectivity index (χ1v) is 6.58. The number of benzene rings is 1. The second-order valence-electron chi connectivity index (χ2n) is 3.93. The summed E-state index contributed by atoms with van der Waals surface area (Å²) in [6, 6.07) is 5.44. The number of rotatable bonds is 2. The van der Waals surface area contributed by atoms with Gasteiger partial charge in [0.2, 0.25) is 0 Å². The lowest BCUT2D eigenvalue weighted by Crippen LogP contribution is -2.28. The van der Waals surface area contributed by atoms with Crippen LogP contribution in [0.3, 0.4) is 0 Å². The van der Waals surface area contributed by atoms with E-state index >= 15 is 0 Å². The van der Waals surface area contributed by atoms with Gasteiger partial charge < -0.3 is 5.32 Å². The van der Waals surface area contributed by atoms with Crippen LogP contribution >= 0.6 is 11.8 Å². The van der Waals surface area contributed by atoms with E-state index in [0.29, 0.717) is 5.92 Å². The van der Waals surface area contributed by atoms with Gasteiger partial charge in [-0.3, -0.25) is 0 Å². The van der Waals surface area contributed by atoms with Crippen LogP contribution in [0.5, 0.6) is 0 Å². The van der Waals surface area contributed by atoms with Crippen molar-refractivity contribution in [2.75, 3.05) is 19.3 Å². The molecule has 0 radical (unpaired) electrons. The topological polar surface area (TPSA) is 12.0 Å². The van der Waals surface area contributed by atoms with Crippen molar-refractivity contribution in [3.05, 3.63) is 29.6 Å². The van der Waals surface area contributed by atoms with Gasteiger partial charge in [-0.15, -0.1) is 11.8 Å². The number of hydrogen-bond acceptors (Lipinski definition) is 2. The highest BCUT2D eigenvalue weighted by atomic mass is 32.2. The van der Waals surface area contributed by atoms with E-state index in [9.17, 15) is 4.39 Å². The summed E-state index contributed by atoms with van der Waals surface area (Å²) in [7, 11) is 0. The molecule has 1 atom stereocenters. The van der Waals surface area contributed by atoms with Crippen LogP contribution in [-0.4, -0.2) is 19.3 Å². The van der Waals surface area contributed by atoms with Gasteiger partial charge in [0.25, 0.3) is 0 Å². The zero-order valence-corrected chi connectivity index (χ0v) is 9.74. The standard InChI is InChI=1S/C12H16FNS/c1-15-10-4-5-12(13)11(7-10)9-3-2-6-14-8-9/h4-5,7,9,14H,2-3,6,8H2,1H3. The molecule has 1 aromatic rings. The van der Waals surface area contributed by atoms with Gasteiger partial charge in [-0.25, -0.2) is 4.39 Å². The molecule has 1 saturated heterocycles. The van der Waals surface area contributed by atoms with Crippen LogP contribution in [0.25, 0.3) is 0 Å². The molecule has 1 N–H and O–H groups in total. The van der Waals surface area contributed by atoms with Crippen LogP contribution in [0.15, 0.2) is 23.1 Å². The van der Waals surface area contributed by atoms with Gasteiger partial charge >= 0.3 is 0 Å². The predicted octanol–water partition coefficient (Wildman–Crippen LogP) is 3.01. The summed E-state index contributed by atoms with van der Waals surface area (Å²) in [6.45, 7) is 1.98. The Bertz CT molecular complexity index is 334. The summed E-state index contributed by atoms with van der Waals surface area (Å²) in [5.41, 5.74) is 0.883. The van der Waals surface area contributed by atoms with Crippen molar-refractivity contribution in [2.45, 2.75) is 23.7 Å². The monoisotopic (exact) mass is 225 g/mol. The molecule has 82 valence electrons. The van der Waals surface area contributed by atoms with E-state index in [2.05, 4.69) is 5.32 Å². The van der Waals surface area contributed by atoms with Crippen LogP contribution in [0.2, 0.25) is 0 Å². The van der Waals surface area contributed by atoms with Crippen molar-refractivity contribution in [3.8, 4) is 0 Å². The van der Waals surface area contributed by atoms with E-state index in [4.69, 9.17) is 0 Å². The Labute approximate surface area is 94.5 Å². The molecule has 1 aliphatic rings. The average Bonchev–Trinajstić information content (AvgIpc) is 2.31. The normalized spacial score (nSPS) is 21.6. The molecule has 1 aliphatic heterocycles. The highest BCUT2D eigenvalue weighted by molar-refractivity contribution is 7.98. The first kappa shape index (κ1) is 11.0. The number of piperidine rings is 1. The third kappa shape index (κ3) is 2.52. The van der Waals surface area contributed by atoms with E-state index in [1.807, 2.05) is 18.4 Å². The number of nitrogens with one attached hydrogen (secondary N) is 1. The lowest BCUT2D eigenvalue weighted by Gasteiger charge is -2.23. The van der Waals surface area contributed by atoms with Crippen LogP contribution < -0.4 is 5.32 Å². The minimum Gasteiger partial charge on any atom is -0.316 e. The highest BCUT2D eigenvalue weighted by Gasteiger charge is 2.18. The van der Waals surface area contributed by atoms with Crippen molar-refractivity contribution in [2.24, 2.45) is 0 Å². The molecule has 1 fully saturated rings. The highest BCUT2D eigenvalue weighted by Crippen LogP contribution is 2.28. The van der Waals surface area contributed by atoms with Gasteiger partial charge in [0, 0.05) is 11.4 Å². The van der Waals surface area contributed by atoms with E-state index in [0.717, 1.165) is 36.4 Å². The van der Waals surface area contributed by atoms with E-state index < -0.39 is 0 Å². The van der Waals surface area contributed by atoms with Crippen molar-refractivity contribution >= 4 is 11.8 Å². The Hall–Kier alpha value is -0.540. The molecular formula is C12H16FNS. The third-order valence-electron chi connectivity index (χ3n) is 2.94. The maximum atomic E-state index is 13.7. The number of hydrogen-bond donors (Lipinski definition) is 1. The molecule has 1 nitrogen and oxygen atoms in total. The molecule has 0 amide bonds. The van der Waals surface area contributed by atoms with Gasteiger partial charge in [-0.2, -0.15) is 0 Å². The lowest BCUT2D eigenvalue weighted by atomic mass is 9.91. The van der Waals surface area contributed by atoms with Crippen LogP contribution in [-0.2, 0) is 0 Å². The summed E-state index contributed by atoms with van der Waals surface area (Å²) < 4.78 is 13.7. The lowest BCUT2D eigenvalue weighted by molar-refractivity contribution is 0.446. The van der Waals surface area contributed by atoms with Gasteiger partial charge in [0.15, 0.2) is 0 Å². The molecule has 0 aliphatic carbocycles. The second kappa shape index (κ2) is 4.99. The molecule has 15 heavy (non-hydrogen) atoms. The maximum Gasteiger partial charge on any atom is 0.126 e. The summed E-state index contributed by atoms with van der Waals surface area (Å²) in [4.78, 5) is 1.15. The zero-order valence-electron chi connectivity index (χ0n) is 8.92. The minimum atomic E-state index is -0.0542. The van der Waals surface area contributed by atoms with E-state index in [1.54, 1.807) is 17.8 Å². The molecule has 1 heterocycles. The summed E-state index contributed by atoms with van der Waals surface area (Å²) in [5, 5.41) is 3.32. The van der Waals surface area contributed by atoms with Crippen molar-refractivity contribution in [1.29, 1.82) is 0 Å². The molecule has 0 saturated carbocycles. The van der Waals surface area contributed by atoms with E-state index in [1.165, 1.54) is 0 Å². The molecule has 2 rings (SSSR count). The Balaban J connectivity index is 2.24. The SMILES string of the molecule is CSc1ccc(F)c(C2CCCNC2)c1. The number of thioether (sulfide) groups is 1. The second-order valence-corrected chi connectivity index (χ2v) is 4.81. The van der Waals surface area contributed by atoms with Gasteiger partial charge in [-0.05, 0) is 55.3 Å². The van der Waals surface area contributed by atoms with Gasteiger partial charge in [0.1, 0.15) is 5.82 Å².